The van der Waals surface area contributed by atoms with Crippen LogP contribution in [-0.4, -0.2) is 22.0 Å². The van der Waals surface area contributed by atoms with E-state index in [0.29, 0.717) is 5.25 Å². The van der Waals surface area contributed by atoms with E-state index in [9.17, 15) is 0 Å². The van der Waals surface area contributed by atoms with Gasteiger partial charge in [-0.25, -0.2) is 0 Å². The Kier molecular flexibility index (Phi) is 10.7. The highest BCUT2D eigenvalue weighted by atomic mass is 32.2. The summed E-state index contributed by atoms with van der Waals surface area (Å²) in [5.41, 5.74) is 0. The van der Waals surface area contributed by atoms with Crippen LogP contribution >= 0.6 is 23.5 Å². The molecule has 0 N–H and O–H groups in total. The Balaban J connectivity index is 3.57. The normalized spacial score (nSPS) is 15.4. The van der Waals surface area contributed by atoms with Crippen molar-refractivity contribution < 1.29 is 0 Å². The molecule has 0 aliphatic carbocycles. The van der Waals surface area contributed by atoms with Gasteiger partial charge in [0.05, 0.1) is 0 Å². The zero-order valence-corrected chi connectivity index (χ0v) is 11.6. The fourth-order valence-electron chi connectivity index (χ4n) is 1.56. The molecule has 0 spiro atoms. The Hall–Kier alpha value is 0.700. The van der Waals surface area contributed by atoms with Gasteiger partial charge in [0, 0.05) is 10.5 Å². The molecular weight excluding hydrogens is 208 g/mol. The summed E-state index contributed by atoms with van der Waals surface area (Å²) in [5, 5.41) is 1.49. The molecule has 14 heavy (non-hydrogen) atoms. The van der Waals surface area contributed by atoms with Gasteiger partial charge >= 0.3 is 0 Å². The third-order valence-corrected chi connectivity index (χ3v) is 4.54. The van der Waals surface area contributed by atoms with E-state index in [-0.39, 0.29) is 0 Å². The van der Waals surface area contributed by atoms with Crippen LogP contribution in [0.3, 0.4) is 0 Å². The third-order valence-electron chi connectivity index (χ3n) is 2.23. The van der Waals surface area contributed by atoms with Gasteiger partial charge in [0.25, 0.3) is 0 Å². The van der Waals surface area contributed by atoms with Crippen molar-refractivity contribution in [2.45, 2.75) is 57.0 Å². The second-order valence-electron chi connectivity index (χ2n) is 3.52. The van der Waals surface area contributed by atoms with Crippen molar-refractivity contribution in [1.29, 1.82) is 0 Å². The van der Waals surface area contributed by atoms with Crippen LogP contribution in [-0.2, 0) is 0 Å². The lowest BCUT2D eigenvalue weighted by Crippen LogP contribution is -2.07. The molecule has 0 rings (SSSR count). The Labute approximate surface area is 99.0 Å². The number of hydrogen-bond acceptors (Lipinski definition) is 2. The van der Waals surface area contributed by atoms with Gasteiger partial charge < -0.3 is 0 Å². The van der Waals surface area contributed by atoms with Gasteiger partial charge in [0.2, 0.25) is 0 Å². The summed E-state index contributed by atoms with van der Waals surface area (Å²) in [6.45, 7) is 10.9. The van der Waals surface area contributed by atoms with Crippen LogP contribution in [0.25, 0.3) is 0 Å². The largest absolute Gasteiger partial charge is 0.159 e. The molecule has 0 aromatic carbocycles. The molecule has 0 aromatic rings. The average molecular weight is 233 g/mol. The standard InChI is InChI=1S/C12H25S2/c1-5-8-12(14-7-3)10-9-11(4)13-6-2/h11-12H,4-10H2,1-3H3. The van der Waals surface area contributed by atoms with Crippen LogP contribution < -0.4 is 0 Å². The molecule has 0 saturated heterocycles. The van der Waals surface area contributed by atoms with E-state index < -0.39 is 0 Å². The molecule has 2 unspecified atom stereocenters. The maximum absolute atomic E-state index is 4.17. The summed E-state index contributed by atoms with van der Waals surface area (Å²) in [4.78, 5) is 0. The average Bonchev–Trinajstić information content (AvgIpc) is 2.15. The van der Waals surface area contributed by atoms with Crippen molar-refractivity contribution in [3.8, 4) is 0 Å². The van der Waals surface area contributed by atoms with Gasteiger partial charge in [0.1, 0.15) is 0 Å². The van der Waals surface area contributed by atoms with Gasteiger partial charge in [-0.15, -0.1) is 0 Å². The molecule has 0 fully saturated rings. The summed E-state index contributed by atoms with van der Waals surface area (Å²) in [7, 11) is 0. The lowest BCUT2D eigenvalue weighted by Gasteiger charge is -2.17. The number of hydrogen-bond donors (Lipinski definition) is 0. The first kappa shape index (κ1) is 14.7. The van der Waals surface area contributed by atoms with Crippen molar-refractivity contribution in [1.82, 2.24) is 0 Å². The Bertz CT molecular complexity index is 109. The highest BCUT2D eigenvalue weighted by Crippen LogP contribution is 2.24. The van der Waals surface area contributed by atoms with Crippen LogP contribution in [0.5, 0.6) is 0 Å². The van der Waals surface area contributed by atoms with Crippen molar-refractivity contribution in [3.63, 3.8) is 0 Å². The van der Waals surface area contributed by atoms with E-state index >= 15 is 0 Å². The summed E-state index contributed by atoms with van der Waals surface area (Å²) >= 11 is 4.11. The monoisotopic (exact) mass is 233 g/mol. The van der Waals surface area contributed by atoms with E-state index in [4.69, 9.17) is 0 Å². The van der Waals surface area contributed by atoms with Crippen LogP contribution in [0.2, 0.25) is 0 Å². The number of thioether (sulfide) groups is 2. The fraction of sp³-hybridized carbons (Fsp3) is 0.917. The van der Waals surface area contributed by atoms with Gasteiger partial charge in [-0.3, -0.25) is 0 Å². The van der Waals surface area contributed by atoms with E-state index in [1.807, 2.05) is 11.8 Å². The zero-order valence-electron chi connectivity index (χ0n) is 9.92. The van der Waals surface area contributed by atoms with Crippen molar-refractivity contribution in [3.05, 3.63) is 6.92 Å². The molecule has 2 atom stereocenters. The highest BCUT2D eigenvalue weighted by molar-refractivity contribution is 8.00. The maximum Gasteiger partial charge on any atom is 0.00477 e. The smallest absolute Gasteiger partial charge is 0.00477 e. The molecule has 0 aromatic heterocycles. The molecular formula is C12H25S2. The summed E-state index contributed by atoms with van der Waals surface area (Å²) < 4.78 is 0. The maximum atomic E-state index is 4.17. The molecule has 0 bridgehead atoms. The second-order valence-corrected chi connectivity index (χ2v) is 6.68. The Morgan fingerprint density at radius 2 is 1.57 bits per heavy atom. The lowest BCUT2D eigenvalue weighted by atomic mass is 10.1. The van der Waals surface area contributed by atoms with E-state index in [1.165, 1.54) is 37.2 Å². The van der Waals surface area contributed by atoms with Gasteiger partial charge in [-0.1, -0.05) is 27.2 Å². The number of rotatable bonds is 9. The SMILES string of the molecule is [CH2]C(CCC(CCC)SCC)SCC. The lowest BCUT2D eigenvalue weighted by molar-refractivity contribution is 0.657. The van der Waals surface area contributed by atoms with Crippen molar-refractivity contribution in [2.24, 2.45) is 0 Å². The minimum absolute atomic E-state index is 0.608. The van der Waals surface area contributed by atoms with Gasteiger partial charge in [-0.05, 0) is 37.7 Å². The first-order chi connectivity index (χ1) is 6.74. The van der Waals surface area contributed by atoms with Crippen LogP contribution in [0.15, 0.2) is 0 Å². The highest BCUT2D eigenvalue weighted by Gasteiger charge is 2.09. The zero-order chi connectivity index (χ0) is 10.8. The van der Waals surface area contributed by atoms with Gasteiger partial charge in [0.15, 0.2) is 0 Å². The van der Waals surface area contributed by atoms with Gasteiger partial charge in [-0.2, -0.15) is 23.5 Å². The van der Waals surface area contributed by atoms with Crippen LogP contribution in [0, 0.1) is 6.92 Å². The third kappa shape index (κ3) is 8.05. The molecule has 85 valence electrons. The van der Waals surface area contributed by atoms with E-state index in [2.05, 4.69) is 39.5 Å². The Morgan fingerprint density at radius 1 is 0.929 bits per heavy atom. The summed E-state index contributed by atoms with van der Waals surface area (Å²) in [6, 6.07) is 0. The summed E-state index contributed by atoms with van der Waals surface area (Å²) in [6.07, 6.45) is 5.34. The topological polar surface area (TPSA) is 0 Å². The molecule has 2 heteroatoms. The molecule has 0 amide bonds. The first-order valence-electron chi connectivity index (χ1n) is 5.80. The predicted octanol–water partition coefficient (Wildman–Crippen LogP) is 4.64. The second kappa shape index (κ2) is 10.2. The van der Waals surface area contributed by atoms with Crippen molar-refractivity contribution in [2.75, 3.05) is 11.5 Å². The van der Waals surface area contributed by atoms with E-state index in [1.54, 1.807) is 0 Å². The molecule has 0 saturated carbocycles. The Morgan fingerprint density at radius 3 is 2.07 bits per heavy atom. The molecule has 0 heterocycles. The molecule has 1 radical (unpaired) electrons. The van der Waals surface area contributed by atoms with Crippen molar-refractivity contribution >= 4 is 23.5 Å². The predicted molar refractivity (Wildman–Crippen MR) is 73.3 cm³/mol. The minimum atomic E-state index is 0.608. The fourth-order valence-corrected chi connectivity index (χ4v) is 3.51. The first-order valence-corrected chi connectivity index (χ1v) is 7.90. The van der Waals surface area contributed by atoms with Crippen LogP contribution in [0.1, 0.15) is 46.5 Å². The summed E-state index contributed by atoms with van der Waals surface area (Å²) in [5.74, 6) is 2.46. The molecule has 0 aliphatic heterocycles. The molecule has 0 aliphatic rings. The van der Waals surface area contributed by atoms with Crippen LogP contribution in [0.4, 0.5) is 0 Å². The molecule has 0 nitrogen and oxygen atoms in total. The van der Waals surface area contributed by atoms with E-state index in [0.717, 1.165) is 5.25 Å². The minimum Gasteiger partial charge on any atom is -0.159 e. The quantitative estimate of drug-likeness (QED) is 0.569.